The Balaban J connectivity index is 1.74. The van der Waals surface area contributed by atoms with Crippen LogP contribution in [-0.4, -0.2) is 33.8 Å². The molecule has 0 N–H and O–H groups in total. The average Bonchev–Trinajstić information content (AvgIpc) is 3.41. The van der Waals surface area contributed by atoms with Gasteiger partial charge in [0.25, 0.3) is 0 Å². The summed E-state index contributed by atoms with van der Waals surface area (Å²) in [5.41, 5.74) is 7.08. The van der Waals surface area contributed by atoms with E-state index in [-0.39, 0.29) is 11.7 Å². The van der Waals surface area contributed by atoms with E-state index in [1.807, 2.05) is 54.3 Å². The Hall–Kier alpha value is -3.77. The van der Waals surface area contributed by atoms with Gasteiger partial charge in [-0.1, -0.05) is 24.3 Å². The Bertz CT molecular complexity index is 1510. The second-order valence-electron chi connectivity index (χ2n) is 8.89. The van der Waals surface area contributed by atoms with Crippen molar-refractivity contribution in [2.45, 2.75) is 18.8 Å². The lowest BCUT2D eigenvalue weighted by Gasteiger charge is -2.26. The van der Waals surface area contributed by atoms with Gasteiger partial charge in [-0.25, -0.2) is 4.39 Å². The molecule has 6 rings (SSSR count). The molecule has 3 heterocycles. The Kier molecular flexibility index (Phi) is 5.03. The predicted molar refractivity (Wildman–Crippen MR) is 131 cm³/mol. The summed E-state index contributed by atoms with van der Waals surface area (Å²) in [6.45, 7) is 1.43. The maximum Gasteiger partial charge on any atom is 0.150 e. The summed E-state index contributed by atoms with van der Waals surface area (Å²) >= 11 is 0. The molecule has 34 heavy (non-hydrogen) atoms. The Morgan fingerprint density at radius 1 is 1.00 bits per heavy atom. The van der Waals surface area contributed by atoms with Gasteiger partial charge in [-0.05, 0) is 54.8 Å². The molecular formula is C28H24FN3O2. The largest absolute Gasteiger partial charge is 0.381 e. The van der Waals surface area contributed by atoms with Crippen molar-refractivity contribution in [3.05, 3.63) is 83.9 Å². The Morgan fingerprint density at radius 3 is 2.44 bits per heavy atom. The van der Waals surface area contributed by atoms with E-state index in [0.717, 1.165) is 57.7 Å². The zero-order valence-corrected chi connectivity index (χ0v) is 18.9. The lowest BCUT2D eigenvalue weighted by atomic mass is 9.89. The fourth-order valence-corrected chi connectivity index (χ4v) is 5.21. The number of aldehydes is 1. The van der Waals surface area contributed by atoms with Crippen molar-refractivity contribution in [2.75, 3.05) is 13.2 Å². The summed E-state index contributed by atoms with van der Waals surface area (Å²) in [6.07, 6.45) is 4.57. The quantitative estimate of drug-likeness (QED) is 0.312. The minimum absolute atomic E-state index is 0.257. The van der Waals surface area contributed by atoms with Crippen molar-refractivity contribution in [1.82, 2.24) is 14.3 Å². The molecule has 1 saturated heterocycles. The number of halogens is 1. The lowest BCUT2D eigenvalue weighted by Crippen LogP contribution is -2.17. The fraction of sp³-hybridized carbons (Fsp3) is 0.214. The molecule has 2 aromatic heterocycles. The molecule has 1 fully saturated rings. The number of aromatic nitrogens is 3. The molecule has 1 aliphatic heterocycles. The highest BCUT2D eigenvalue weighted by Crippen LogP contribution is 2.44. The highest BCUT2D eigenvalue weighted by atomic mass is 19.1. The van der Waals surface area contributed by atoms with Gasteiger partial charge >= 0.3 is 0 Å². The highest BCUT2D eigenvalue weighted by Gasteiger charge is 2.28. The summed E-state index contributed by atoms with van der Waals surface area (Å²) in [5.74, 6) is 0.0281. The van der Waals surface area contributed by atoms with E-state index in [2.05, 4.69) is 21.8 Å². The number of carbonyl (C=O) groups is 1. The Labute approximate surface area is 196 Å². The molecule has 0 unspecified atom stereocenters. The average molecular weight is 454 g/mol. The molecule has 170 valence electrons. The van der Waals surface area contributed by atoms with Crippen LogP contribution in [0.4, 0.5) is 4.39 Å². The second-order valence-corrected chi connectivity index (χ2v) is 8.89. The number of carbonyl (C=O) groups excluding carboxylic acids is 1. The van der Waals surface area contributed by atoms with Crippen LogP contribution < -0.4 is 0 Å². The second kappa shape index (κ2) is 8.22. The number of benzene rings is 3. The first-order chi connectivity index (χ1) is 16.6. The van der Waals surface area contributed by atoms with Gasteiger partial charge in [0, 0.05) is 59.5 Å². The van der Waals surface area contributed by atoms with Crippen LogP contribution >= 0.6 is 0 Å². The lowest BCUT2D eigenvalue weighted by molar-refractivity contribution is 0.0843. The number of hydrogen-bond acceptors (Lipinski definition) is 3. The van der Waals surface area contributed by atoms with E-state index in [0.29, 0.717) is 18.8 Å². The van der Waals surface area contributed by atoms with E-state index in [1.54, 1.807) is 0 Å². The summed E-state index contributed by atoms with van der Waals surface area (Å²) in [6, 6.07) is 18.8. The number of ether oxygens (including phenoxy) is 1. The van der Waals surface area contributed by atoms with Gasteiger partial charge in [0.15, 0.2) is 0 Å². The van der Waals surface area contributed by atoms with Gasteiger partial charge in [0.2, 0.25) is 0 Å². The molecule has 6 heteroatoms. The van der Waals surface area contributed by atoms with Gasteiger partial charge in [-0.15, -0.1) is 0 Å². The minimum atomic E-state index is -0.257. The van der Waals surface area contributed by atoms with Crippen molar-refractivity contribution < 1.29 is 13.9 Å². The fourth-order valence-electron chi connectivity index (χ4n) is 5.21. The smallest absolute Gasteiger partial charge is 0.150 e. The Morgan fingerprint density at radius 2 is 1.74 bits per heavy atom. The first-order valence-electron chi connectivity index (χ1n) is 11.5. The van der Waals surface area contributed by atoms with Crippen LogP contribution in [0.1, 0.15) is 34.8 Å². The molecule has 1 aliphatic rings. The molecule has 0 radical (unpaired) electrons. The van der Waals surface area contributed by atoms with Crippen LogP contribution in [0.15, 0.2) is 66.9 Å². The van der Waals surface area contributed by atoms with Gasteiger partial charge in [-0.3, -0.25) is 9.48 Å². The summed E-state index contributed by atoms with van der Waals surface area (Å²) in [7, 11) is 1.95. The van der Waals surface area contributed by atoms with Crippen molar-refractivity contribution in [3.63, 3.8) is 0 Å². The highest BCUT2D eigenvalue weighted by molar-refractivity contribution is 6.06. The van der Waals surface area contributed by atoms with E-state index in [4.69, 9.17) is 4.74 Å². The van der Waals surface area contributed by atoms with Crippen molar-refractivity contribution in [3.8, 4) is 16.8 Å². The van der Waals surface area contributed by atoms with E-state index in [1.165, 1.54) is 17.8 Å². The summed E-state index contributed by atoms with van der Waals surface area (Å²) < 4.78 is 23.7. The maximum absolute atomic E-state index is 13.9. The summed E-state index contributed by atoms with van der Waals surface area (Å²) in [4.78, 5) is 11.3. The molecule has 0 bridgehead atoms. The molecule has 0 amide bonds. The van der Waals surface area contributed by atoms with Crippen LogP contribution in [0.3, 0.4) is 0 Å². The third kappa shape index (κ3) is 3.33. The number of aryl methyl sites for hydroxylation is 1. The third-order valence-electron chi connectivity index (χ3n) is 6.90. The first-order valence-corrected chi connectivity index (χ1v) is 11.5. The van der Waals surface area contributed by atoms with Crippen LogP contribution in [0.2, 0.25) is 0 Å². The predicted octanol–water partition coefficient (Wildman–Crippen LogP) is 6.03. The monoisotopic (exact) mass is 453 g/mol. The van der Waals surface area contributed by atoms with E-state index >= 15 is 0 Å². The number of hydrogen-bond donors (Lipinski definition) is 0. The molecule has 0 atom stereocenters. The molecule has 0 aliphatic carbocycles. The van der Waals surface area contributed by atoms with Crippen LogP contribution in [-0.2, 0) is 11.8 Å². The SMILES string of the molecule is Cn1ncc2cc3c(cc21)c(-c1ccc(C=O)cc1)c(C1CCOCC1)n3-c1ccc(F)cc1. The molecule has 0 saturated carbocycles. The van der Waals surface area contributed by atoms with Crippen LogP contribution in [0.5, 0.6) is 0 Å². The van der Waals surface area contributed by atoms with Gasteiger partial charge < -0.3 is 9.30 Å². The van der Waals surface area contributed by atoms with Crippen LogP contribution in [0, 0.1) is 5.82 Å². The normalized spacial score (nSPS) is 14.8. The molecular weight excluding hydrogens is 429 g/mol. The molecule has 3 aromatic carbocycles. The number of rotatable bonds is 4. The number of fused-ring (bicyclic) bond motifs is 2. The molecule has 0 spiro atoms. The zero-order valence-electron chi connectivity index (χ0n) is 18.9. The zero-order chi connectivity index (χ0) is 23.2. The third-order valence-corrected chi connectivity index (χ3v) is 6.90. The van der Waals surface area contributed by atoms with Crippen molar-refractivity contribution in [1.29, 1.82) is 0 Å². The molecule has 5 aromatic rings. The van der Waals surface area contributed by atoms with Gasteiger partial charge in [0.05, 0.1) is 17.2 Å². The van der Waals surface area contributed by atoms with Crippen molar-refractivity contribution >= 4 is 28.1 Å². The first kappa shape index (κ1) is 20.8. The standard InChI is InChI=1S/C28H24FN3O2/c1-31-25-15-24-26(14-21(25)16-30-31)32(23-8-6-22(29)7-9-23)28(20-10-12-34-13-11-20)27(24)19-4-2-18(17-33)3-5-19/h2-9,14-17,20H,10-13H2,1H3. The van der Waals surface area contributed by atoms with E-state index in [9.17, 15) is 9.18 Å². The van der Waals surface area contributed by atoms with Crippen LogP contribution in [0.25, 0.3) is 38.6 Å². The topological polar surface area (TPSA) is 49.1 Å². The number of nitrogens with zero attached hydrogens (tertiary/aromatic N) is 3. The summed E-state index contributed by atoms with van der Waals surface area (Å²) in [5, 5.41) is 6.62. The van der Waals surface area contributed by atoms with E-state index < -0.39 is 0 Å². The van der Waals surface area contributed by atoms with Gasteiger partial charge in [-0.2, -0.15) is 5.10 Å². The van der Waals surface area contributed by atoms with Crippen molar-refractivity contribution in [2.24, 2.45) is 7.05 Å². The van der Waals surface area contributed by atoms with Gasteiger partial charge in [0.1, 0.15) is 12.1 Å². The molecule has 5 nitrogen and oxygen atoms in total. The minimum Gasteiger partial charge on any atom is -0.381 e. The maximum atomic E-state index is 13.9.